The van der Waals surface area contributed by atoms with Crippen molar-refractivity contribution in [1.29, 1.82) is 0 Å². The van der Waals surface area contributed by atoms with E-state index in [0.29, 0.717) is 17.9 Å². The Morgan fingerprint density at radius 3 is 1.67 bits per heavy atom. The average Bonchev–Trinajstić information content (AvgIpc) is 3.75. The van der Waals surface area contributed by atoms with Gasteiger partial charge in [-0.1, -0.05) is 84.9 Å². The molecule has 2 saturated carbocycles. The van der Waals surface area contributed by atoms with E-state index in [1.165, 1.54) is 64.9 Å². The lowest BCUT2D eigenvalue weighted by molar-refractivity contribution is 0.234. The second-order valence-corrected chi connectivity index (χ2v) is 14.2. The van der Waals surface area contributed by atoms with Gasteiger partial charge in [-0.2, -0.15) is 0 Å². The van der Waals surface area contributed by atoms with E-state index < -0.39 is 0 Å². The molecule has 1 aliphatic heterocycles. The van der Waals surface area contributed by atoms with Crippen LogP contribution in [0.3, 0.4) is 0 Å². The van der Waals surface area contributed by atoms with E-state index in [4.69, 9.17) is 9.97 Å². The Balaban J connectivity index is 1.16. The normalized spacial score (nSPS) is 21.7. The summed E-state index contributed by atoms with van der Waals surface area (Å²) in [6.45, 7) is 0. The molecule has 11 rings (SSSR count). The first kappa shape index (κ1) is 26.6. The van der Waals surface area contributed by atoms with Gasteiger partial charge in [0.25, 0.3) is 0 Å². The van der Waals surface area contributed by atoms with Crippen molar-refractivity contribution in [3.05, 3.63) is 127 Å². The molecule has 0 N–H and O–H groups in total. The van der Waals surface area contributed by atoms with Crippen molar-refractivity contribution < 1.29 is 0 Å². The molecule has 3 fully saturated rings. The van der Waals surface area contributed by atoms with E-state index in [1.807, 2.05) is 6.07 Å². The third-order valence-corrected chi connectivity index (χ3v) is 11.8. The van der Waals surface area contributed by atoms with E-state index in [9.17, 15) is 0 Å². The summed E-state index contributed by atoms with van der Waals surface area (Å²) in [5.41, 5.74) is 7.00. The van der Waals surface area contributed by atoms with Gasteiger partial charge < -0.3 is 4.90 Å². The van der Waals surface area contributed by atoms with Gasteiger partial charge in [-0.25, -0.2) is 9.97 Å². The first-order valence-corrected chi connectivity index (χ1v) is 17.5. The highest BCUT2D eigenvalue weighted by atomic mass is 15.2. The molecular weight excluding hydrogens is 587 g/mol. The van der Waals surface area contributed by atoms with Gasteiger partial charge in [0.15, 0.2) is 5.82 Å². The fourth-order valence-corrected chi connectivity index (χ4v) is 9.80. The monoisotopic (exact) mass is 621 g/mol. The number of anilines is 1. The van der Waals surface area contributed by atoms with Gasteiger partial charge in [-0.3, -0.25) is 9.13 Å². The Morgan fingerprint density at radius 2 is 1.00 bits per heavy atom. The molecule has 5 heteroatoms. The number of para-hydroxylation sites is 3. The molecule has 3 aromatic heterocycles. The minimum atomic E-state index is 0.683. The fourth-order valence-electron chi connectivity index (χ4n) is 9.80. The van der Waals surface area contributed by atoms with Crippen LogP contribution in [0.1, 0.15) is 32.1 Å². The van der Waals surface area contributed by atoms with Crippen molar-refractivity contribution in [3.63, 3.8) is 0 Å². The predicted molar refractivity (Wildman–Crippen MR) is 196 cm³/mol. The van der Waals surface area contributed by atoms with Crippen LogP contribution in [0.5, 0.6) is 0 Å². The molecule has 0 amide bonds. The van der Waals surface area contributed by atoms with E-state index >= 15 is 0 Å². The number of benzene rings is 5. The second kappa shape index (κ2) is 10.0. The first-order valence-electron chi connectivity index (χ1n) is 17.5. The number of hydrogen-bond acceptors (Lipinski definition) is 3. The summed E-state index contributed by atoms with van der Waals surface area (Å²) in [5, 5.41) is 4.99. The van der Waals surface area contributed by atoms with E-state index in [2.05, 4.69) is 135 Å². The molecule has 0 radical (unpaired) electrons. The Labute approximate surface area is 279 Å². The van der Waals surface area contributed by atoms with Crippen molar-refractivity contribution in [1.82, 2.24) is 19.1 Å². The molecule has 4 atom stereocenters. The molecule has 5 nitrogen and oxygen atoms in total. The molecule has 3 aliphatic rings. The smallest absolute Gasteiger partial charge is 0.163 e. The molecule has 48 heavy (non-hydrogen) atoms. The van der Waals surface area contributed by atoms with Gasteiger partial charge in [0, 0.05) is 50.9 Å². The Kier molecular flexibility index (Phi) is 5.57. The molecule has 2 aliphatic carbocycles. The maximum Gasteiger partial charge on any atom is 0.163 e. The van der Waals surface area contributed by atoms with Crippen molar-refractivity contribution in [2.24, 2.45) is 11.8 Å². The average molecular weight is 622 g/mol. The Bertz CT molecular complexity index is 2480. The lowest BCUT2D eigenvalue weighted by Crippen LogP contribution is -2.46. The quantitative estimate of drug-likeness (QED) is 0.196. The number of nitrogens with zero attached hydrogens (tertiary/aromatic N) is 5. The number of aromatic nitrogens is 4. The zero-order chi connectivity index (χ0) is 31.3. The summed E-state index contributed by atoms with van der Waals surface area (Å²) in [6.07, 6.45) is 6.86. The lowest BCUT2D eigenvalue weighted by atomic mass is 9.78. The number of fused-ring (bicyclic) bond motifs is 8. The van der Waals surface area contributed by atoms with E-state index in [-0.39, 0.29) is 0 Å². The molecule has 232 valence electrons. The highest BCUT2D eigenvalue weighted by Gasteiger charge is 2.48. The van der Waals surface area contributed by atoms with Crippen LogP contribution in [0, 0.1) is 11.8 Å². The fraction of sp³-hybridized carbons (Fsp3) is 0.209. The molecule has 5 aromatic carbocycles. The van der Waals surface area contributed by atoms with E-state index in [1.54, 1.807) is 0 Å². The second-order valence-electron chi connectivity index (χ2n) is 14.2. The first-order chi connectivity index (χ1) is 23.8. The van der Waals surface area contributed by atoms with Crippen LogP contribution in [0.25, 0.3) is 66.6 Å². The van der Waals surface area contributed by atoms with Gasteiger partial charge in [0.2, 0.25) is 0 Å². The molecule has 0 spiro atoms. The highest BCUT2D eigenvalue weighted by Crippen LogP contribution is 2.52. The Morgan fingerprint density at radius 1 is 0.458 bits per heavy atom. The molecule has 4 unspecified atom stereocenters. The van der Waals surface area contributed by atoms with Crippen LogP contribution in [0.4, 0.5) is 5.69 Å². The molecule has 8 aromatic rings. The summed E-state index contributed by atoms with van der Waals surface area (Å²) in [5.74, 6) is 4.35. The number of rotatable bonds is 4. The van der Waals surface area contributed by atoms with Crippen molar-refractivity contribution >= 4 is 49.3 Å². The standard InChI is InChI=1S/C43H35N5/c1-2-10-27(11-3-1)43-44-41(47-37-15-7-4-12-33(37)34-13-5-8-16-38(34)47)26-42(45-43)48-39-17-9-6-14-35(39)36-25-31(20-21-40(36)48)46-30-19-18-28-22-32(46)24-29(28)23-30/h1-17,20-21,25-26,28-30,32H,18-19,22-24H2. The molecule has 4 heterocycles. The van der Waals surface area contributed by atoms with Crippen molar-refractivity contribution in [3.8, 4) is 23.0 Å². The van der Waals surface area contributed by atoms with Gasteiger partial charge in [-0.15, -0.1) is 0 Å². The maximum absolute atomic E-state index is 5.32. The van der Waals surface area contributed by atoms with Crippen LogP contribution < -0.4 is 4.90 Å². The number of hydrogen-bond donors (Lipinski definition) is 0. The largest absolute Gasteiger partial charge is 0.366 e. The lowest BCUT2D eigenvalue weighted by Gasteiger charge is -2.44. The molecule has 1 saturated heterocycles. The zero-order valence-corrected chi connectivity index (χ0v) is 26.7. The topological polar surface area (TPSA) is 38.9 Å². The summed E-state index contributed by atoms with van der Waals surface area (Å²) in [4.78, 5) is 13.4. The van der Waals surface area contributed by atoms with Gasteiger partial charge in [0.05, 0.1) is 22.1 Å². The van der Waals surface area contributed by atoms with Crippen LogP contribution in [-0.4, -0.2) is 31.2 Å². The minimum absolute atomic E-state index is 0.683. The van der Waals surface area contributed by atoms with Crippen LogP contribution in [0.2, 0.25) is 0 Å². The van der Waals surface area contributed by atoms with Crippen LogP contribution >= 0.6 is 0 Å². The van der Waals surface area contributed by atoms with E-state index in [0.717, 1.165) is 45.6 Å². The Hall–Kier alpha value is -5.42. The van der Waals surface area contributed by atoms with Crippen LogP contribution in [-0.2, 0) is 0 Å². The van der Waals surface area contributed by atoms with Crippen molar-refractivity contribution in [2.45, 2.75) is 44.2 Å². The summed E-state index contributed by atoms with van der Waals surface area (Å²) >= 11 is 0. The van der Waals surface area contributed by atoms with Crippen molar-refractivity contribution in [2.75, 3.05) is 4.90 Å². The predicted octanol–water partition coefficient (Wildman–Crippen LogP) is 10.1. The third-order valence-electron chi connectivity index (χ3n) is 11.8. The highest BCUT2D eigenvalue weighted by molar-refractivity contribution is 6.11. The maximum atomic E-state index is 5.32. The van der Waals surface area contributed by atoms with Crippen LogP contribution in [0.15, 0.2) is 127 Å². The minimum Gasteiger partial charge on any atom is -0.366 e. The van der Waals surface area contributed by atoms with Gasteiger partial charge in [-0.05, 0) is 80.3 Å². The van der Waals surface area contributed by atoms with Gasteiger partial charge >= 0.3 is 0 Å². The molecule has 3 bridgehead atoms. The number of piperidine rings is 1. The molecular formula is C43H35N5. The third kappa shape index (κ3) is 3.79. The summed E-state index contributed by atoms with van der Waals surface area (Å²) in [7, 11) is 0. The zero-order valence-electron chi connectivity index (χ0n) is 26.7. The summed E-state index contributed by atoms with van der Waals surface area (Å²) in [6, 6.07) is 47.2. The SMILES string of the molecule is c1ccc(-c2nc(-n3c4ccccc4c4ccccc43)cc(-n3c4ccccc4c4cc(N5C6CCC7CC5CC7C6)ccc43)n2)cc1. The van der Waals surface area contributed by atoms with Gasteiger partial charge in [0.1, 0.15) is 11.6 Å². The summed E-state index contributed by atoms with van der Waals surface area (Å²) < 4.78 is 4.65.